The van der Waals surface area contributed by atoms with Crippen molar-refractivity contribution in [3.8, 4) is 0 Å². The molecule has 1 fully saturated rings. The van der Waals surface area contributed by atoms with Crippen LogP contribution in [0.4, 0.5) is 11.5 Å². The molecule has 0 radical (unpaired) electrons. The van der Waals surface area contributed by atoms with Crippen molar-refractivity contribution in [3.05, 3.63) is 12.5 Å². The van der Waals surface area contributed by atoms with Crippen LogP contribution in [0.15, 0.2) is 12.5 Å². The number of hydrogen-bond acceptors (Lipinski definition) is 5. The molecule has 2 heterocycles. The minimum Gasteiger partial charge on any atom is -0.394 e. The third kappa shape index (κ3) is 2.61. The van der Waals surface area contributed by atoms with E-state index in [4.69, 9.17) is 5.73 Å². The summed E-state index contributed by atoms with van der Waals surface area (Å²) in [5.74, 6) is 0.737. The summed E-state index contributed by atoms with van der Waals surface area (Å²) < 4.78 is 0. The summed E-state index contributed by atoms with van der Waals surface area (Å²) in [5.41, 5.74) is 6.37. The van der Waals surface area contributed by atoms with Crippen LogP contribution in [0.2, 0.25) is 0 Å². The fourth-order valence-electron chi connectivity index (χ4n) is 2.04. The van der Waals surface area contributed by atoms with E-state index in [2.05, 4.69) is 27.1 Å². The van der Waals surface area contributed by atoms with Gasteiger partial charge in [-0.1, -0.05) is 0 Å². The minimum absolute atomic E-state index is 0.525. The van der Waals surface area contributed by atoms with Gasteiger partial charge in [0.2, 0.25) is 0 Å². The third-order valence-corrected chi connectivity index (χ3v) is 3.07. The van der Waals surface area contributed by atoms with E-state index < -0.39 is 0 Å². The Balaban J connectivity index is 1.84. The van der Waals surface area contributed by atoms with Crippen LogP contribution >= 0.6 is 0 Å². The largest absolute Gasteiger partial charge is 0.394 e. The summed E-state index contributed by atoms with van der Waals surface area (Å²) in [7, 11) is 0. The van der Waals surface area contributed by atoms with Gasteiger partial charge in [-0.15, -0.1) is 0 Å². The number of anilines is 2. The molecule has 1 aliphatic rings. The molecule has 3 N–H and O–H groups in total. The van der Waals surface area contributed by atoms with E-state index in [1.165, 1.54) is 32.3 Å². The number of nitrogens with zero attached hydrogens (tertiary/aromatic N) is 3. The van der Waals surface area contributed by atoms with Gasteiger partial charge >= 0.3 is 0 Å². The molecule has 5 heteroatoms. The molecule has 1 saturated heterocycles. The Hall–Kier alpha value is -1.36. The minimum atomic E-state index is 0.525. The second kappa shape index (κ2) is 5.12. The molecular formula is C11H19N5. The fourth-order valence-corrected chi connectivity index (χ4v) is 2.04. The molecule has 0 bridgehead atoms. The first-order valence-corrected chi connectivity index (χ1v) is 5.81. The van der Waals surface area contributed by atoms with E-state index in [9.17, 15) is 0 Å². The van der Waals surface area contributed by atoms with Crippen molar-refractivity contribution in [1.82, 2.24) is 14.9 Å². The summed E-state index contributed by atoms with van der Waals surface area (Å²) in [6.45, 7) is 5.53. The monoisotopic (exact) mass is 221 g/mol. The highest BCUT2D eigenvalue weighted by Gasteiger charge is 2.17. The number of rotatable bonds is 4. The number of nitrogens with one attached hydrogen (secondary N) is 1. The first kappa shape index (κ1) is 11.1. The number of hydrogen-bond donors (Lipinski definition) is 2. The quantitative estimate of drug-likeness (QED) is 0.792. The van der Waals surface area contributed by atoms with E-state index in [0.29, 0.717) is 11.7 Å². The van der Waals surface area contributed by atoms with E-state index in [1.54, 1.807) is 6.20 Å². The molecule has 0 spiro atoms. The maximum Gasteiger partial charge on any atom is 0.152 e. The Morgan fingerprint density at radius 1 is 1.50 bits per heavy atom. The molecule has 1 atom stereocenters. The highest BCUT2D eigenvalue weighted by atomic mass is 15.2. The number of nitrogen functional groups attached to an aromatic ring is 1. The van der Waals surface area contributed by atoms with Gasteiger partial charge in [-0.3, -0.25) is 4.90 Å². The van der Waals surface area contributed by atoms with Crippen molar-refractivity contribution in [2.45, 2.75) is 25.8 Å². The molecule has 16 heavy (non-hydrogen) atoms. The highest BCUT2D eigenvalue weighted by molar-refractivity contribution is 5.58. The van der Waals surface area contributed by atoms with Crippen LogP contribution in [-0.2, 0) is 0 Å². The molecule has 1 aromatic heterocycles. The Morgan fingerprint density at radius 2 is 2.25 bits per heavy atom. The summed E-state index contributed by atoms with van der Waals surface area (Å²) in [5, 5.41) is 3.27. The van der Waals surface area contributed by atoms with E-state index in [1.807, 2.05) is 0 Å². The SMILES string of the molecule is CC(CNc1ncncc1N)N1CCCC1. The van der Waals surface area contributed by atoms with Gasteiger partial charge in [0.1, 0.15) is 6.33 Å². The van der Waals surface area contributed by atoms with Crippen LogP contribution in [-0.4, -0.2) is 40.5 Å². The maximum atomic E-state index is 5.76. The zero-order valence-electron chi connectivity index (χ0n) is 9.69. The first-order chi connectivity index (χ1) is 7.77. The standard InChI is InChI=1S/C11H19N5/c1-9(16-4-2-3-5-16)6-14-11-10(12)7-13-8-15-11/h7-9H,2-6,12H2,1H3,(H,13,14,15). The van der Waals surface area contributed by atoms with Crippen molar-refractivity contribution >= 4 is 11.5 Å². The predicted molar refractivity (Wildman–Crippen MR) is 65.2 cm³/mol. The van der Waals surface area contributed by atoms with Crippen molar-refractivity contribution in [1.29, 1.82) is 0 Å². The molecule has 1 unspecified atom stereocenters. The molecule has 88 valence electrons. The molecule has 0 aliphatic carbocycles. The Bertz CT molecular complexity index is 335. The second-order valence-electron chi connectivity index (χ2n) is 4.30. The first-order valence-electron chi connectivity index (χ1n) is 5.81. The van der Waals surface area contributed by atoms with Crippen LogP contribution in [0, 0.1) is 0 Å². The smallest absolute Gasteiger partial charge is 0.152 e. The lowest BCUT2D eigenvalue weighted by atomic mass is 10.3. The van der Waals surface area contributed by atoms with Crippen LogP contribution in [0.5, 0.6) is 0 Å². The molecular weight excluding hydrogens is 202 g/mol. The second-order valence-corrected chi connectivity index (χ2v) is 4.30. The lowest BCUT2D eigenvalue weighted by Gasteiger charge is -2.24. The Labute approximate surface area is 96.1 Å². The zero-order chi connectivity index (χ0) is 11.4. The van der Waals surface area contributed by atoms with Gasteiger partial charge < -0.3 is 11.1 Å². The number of aromatic nitrogens is 2. The fraction of sp³-hybridized carbons (Fsp3) is 0.636. The zero-order valence-corrected chi connectivity index (χ0v) is 9.69. The van der Waals surface area contributed by atoms with Crippen molar-refractivity contribution < 1.29 is 0 Å². The van der Waals surface area contributed by atoms with Crippen molar-refractivity contribution in [3.63, 3.8) is 0 Å². The van der Waals surface area contributed by atoms with Crippen LogP contribution < -0.4 is 11.1 Å². The Kier molecular flexibility index (Phi) is 3.56. The van der Waals surface area contributed by atoms with Gasteiger partial charge in [0, 0.05) is 12.6 Å². The molecule has 1 aliphatic heterocycles. The van der Waals surface area contributed by atoms with Gasteiger partial charge in [0.25, 0.3) is 0 Å². The molecule has 1 aromatic rings. The summed E-state index contributed by atoms with van der Waals surface area (Å²) in [4.78, 5) is 10.5. The summed E-state index contributed by atoms with van der Waals surface area (Å²) in [6.07, 6.45) is 5.77. The maximum absolute atomic E-state index is 5.76. The normalized spacial score (nSPS) is 18.6. The Morgan fingerprint density at radius 3 is 2.94 bits per heavy atom. The number of likely N-dealkylation sites (tertiary alicyclic amines) is 1. The van der Waals surface area contributed by atoms with Crippen molar-refractivity contribution in [2.24, 2.45) is 0 Å². The van der Waals surface area contributed by atoms with E-state index >= 15 is 0 Å². The van der Waals surface area contributed by atoms with Crippen LogP contribution in [0.25, 0.3) is 0 Å². The molecule has 0 saturated carbocycles. The molecule has 0 aromatic carbocycles. The average Bonchev–Trinajstić information content (AvgIpc) is 2.81. The van der Waals surface area contributed by atoms with Gasteiger partial charge in [0.05, 0.1) is 11.9 Å². The highest BCUT2D eigenvalue weighted by Crippen LogP contribution is 2.14. The van der Waals surface area contributed by atoms with Crippen LogP contribution in [0.1, 0.15) is 19.8 Å². The third-order valence-electron chi connectivity index (χ3n) is 3.07. The average molecular weight is 221 g/mol. The van der Waals surface area contributed by atoms with Crippen LogP contribution in [0.3, 0.4) is 0 Å². The predicted octanol–water partition coefficient (Wildman–Crippen LogP) is 0.955. The van der Waals surface area contributed by atoms with Gasteiger partial charge in [-0.25, -0.2) is 9.97 Å². The summed E-state index contributed by atoms with van der Waals surface area (Å²) in [6, 6.07) is 0.525. The molecule has 0 amide bonds. The lowest BCUT2D eigenvalue weighted by Crippen LogP contribution is -2.35. The van der Waals surface area contributed by atoms with E-state index in [-0.39, 0.29) is 0 Å². The van der Waals surface area contributed by atoms with Gasteiger partial charge in [-0.2, -0.15) is 0 Å². The molecule has 2 rings (SSSR count). The van der Waals surface area contributed by atoms with Gasteiger partial charge in [0.15, 0.2) is 5.82 Å². The topological polar surface area (TPSA) is 67.1 Å². The van der Waals surface area contributed by atoms with E-state index in [0.717, 1.165) is 12.4 Å². The lowest BCUT2D eigenvalue weighted by molar-refractivity contribution is 0.269. The van der Waals surface area contributed by atoms with Gasteiger partial charge in [-0.05, 0) is 32.9 Å². The number of nitrogens with two attached hydrogens (primary N) is 1. The molecule has 5 nitrogen and oxygen atoms in total. The summed E-state index contributed by atoms with van der Waals surface area (Å²) >= 11 is 0. The van der Waals surface area contributed by atoms with Crippen molar-refractivity contribution in [2.75, 3.05) is 30.7 Å².